The Hall–Kier alpha value is -3.97. The first-order valence-corrected chi connectivity index (χ1v) is 11.0. The molecule has 0 aliphatic carbocycles. The summed E-state index contributed by atoms with van der Waals surface area (Å²) < 4.78 is 20.9. The number of nitrogens with one attached hydrogen (secondary N) is 1. The highest BCUT2D eigenvalue weighted by molar-refractivity contribution is 5.76. The maximum atomic E-state index is 13.9. The molecule has 174 valence electrons. The second kappa shape index (κ2) is 10.8. The van der Waals surface area contributed by atoms with E-state index >= 15 is 0 Å². The summed E-state index contributed by atoms with van der Waals surface area (Å²) in [6.07, 6.45) is 0.704. The molecule has 0 atom stereocenters. The second-order valence-corrected chi connectivity index (χ2v) is 7.90. The Morgan fingerprint density at radius 3 is 2.53 bits per heavy atom. The van der Waals surface area contributed by atoms with Gasteiger partial charge in [-0.25, -0.2) is 9.07 Å². The van der Waals surface area contributed by atoms with E-state index in [2.05, 4.69) is 5.32 Å². The summed E-state index contributed by atoms with van der Waals surface area (Å²) in [6, 6.07) is 23.1. The summed E-state index contributed by atoms with van der Waals surface area (Å²) in [5, 5.41) is 16.9. The fraction of sp³-hybridized carbons (Fsp3) is 0.185. The number of hydrogen-bond acceptors (Lipinski definition) is 4. The number of aromatic nitrogens is 2. The molecule has 1 heterocycles. The minimum Gasteiger partial charge on any atom is -0.497 e. The SMILES string of the molecule is COc1ccc(-n2nc(CCC(=O)NCc3cccc(CO)c3)cc2-c2cccc(F)c2)cc1. The molecule has 0 aliphatic rings. The van der Waals surface area contributed by atoms with Gasteiger partial charge in [-0.05, 0) is 53.6 Å². The molecule has 0 aliphatic heterocycles. The lowest BCUT2D eigenvalue weighted by molar-refractivity contribution is -0.121. The van der Waals surface area contributed by atoms with E-state index in [-0.39, 0.29) is 24.8 Å². The van der Waals surface area contributed by atoms with Gasteiger partial charge in [0.05, 0.1) is 30.8 Å². The molecule has 2 N–H and O–H groups in total. The van der Waals surface area contributed by atoms with Crippen molar-refractivity contribution in [2.45, 2.75) is 26.0 Å². The molecule has 0 fully saturated rings. The number of amides is 1. The zero-order valence-electron chi connectivity index (χ0n) is 18.9. The second-order valence-electron chi connectivity index (χ2n) is 7.90. The smallest absolute Gasteiger partial charge is 0.220 e. The standard InChI is InChI=1S/C27H26FN3O3/c1-34-25-11-9-24(10-12-25)31-26(21-6-3-7-22(28)15-21)16-23(30-31)8-13-27(33)29-17-19-4-2-5-20(14-19)18-32/h2-7,9-12,14-16,32H,8,13,17-18H2,1H3,(H,29,33). The molecule has 0 bridgehead atoms. The lowest BCUT2D eigenvalue weighted by atomic mass is 10.1. The molecular formula is C27H26FN3O3. The first-order valence-electron chi connectivity index (χ1n) is 11.0. The molecule has 1 amide bonds. The number of rotatable bonds is 9. The summed E-state index contributed by atoms with van der Waals surface area (Å²) >= 11 is 0. The van der Waals surface area contributed by atoms with Crippen LogP contribution in [-0.4, -0.2) is 27.9 Å². The van der Waals surface area contributed by atoms with Gasteiger partial charge >= 0.3 is 0 Å². The summed E-state index contributed by atoms with van der Waals surface area (Å²) in [5.41, 5.74) is 4.70. The van der Waals surface area contributed by atoms with Gasteiger partial charge in [-0.1, -0.05) is 36.4 Å². The monoisotopic (exact) mass is 459 g/mol. The van der Waals surface area contributed by atoms with Crippen molar-refractivity contribution in [1.29, 1.82) is 0 Å². The Labute approximate surface area is 197 Å². The van der Waals surface area contributed by atoms with Crippen LogP contribution in [0.15, 0.2) is 78.9 Å². The molecule has 0 saturated heterocycles. The van der Waals surface area contributed by atoms with E-state index in [1.165, 1.54) is 12.1 Å². The van der Waals surface area contributed by atoms with E-state index in [4.69, 9.17) is 9.84 Å². The molecule has 1 aromatic heterocycles. The third kappa shape index (κ3) is 5.68. The lowest BCUT2D eigenvalue weighted by Crippen LogP contribution is -2.23. The van der Waals surface area contributed by atoms with E-state index in [1.54, 1.807) is 17.9 Å². The number of nitrogens with zero attached hydrogens (tertiary/aromatic N) is 2. The van der Waals surface area contributed by atoms with Crippen LogP contribution in [0.5, 0.6) is 5.75 Å². The molecular weight excluding hydrogens is 433 g/mol. The average Bonchev–Trinajstić information content (AvgIpc) is 3.31. The van der Waals surface area contributed by atoms with E-state index in [1.807, 2.05) is 60.7 Å². The first-order chi connectivity index (χ1) is 16.6. The lowest BCUT2D eigenvalue weighted by Gasteiger charge is -2.08. The third-order valence-electron chi connectivity index (χ3n) is 5.47. The third-order valence-corrected chi connectivity index (χ3v) is 5.47. The van der Waals surface area contributed by atoms with Crippen molar-refractivity contribution in [2.75, 3.05) is 7.11 Å². The van der Waals surface area contributed by atoms with Gasteiger partial charge < -0.3 is 15.2 Å². The number of aryl methyl sites for hydroxylation is 1. The molecule has 0 unspecified atom stereocenters. The summed E-state index contributed by atoms with van der Waals surface area (Å²) in [6.45, 7) is 0.355. The number of halogens is 1. The van der Waals surface area contributed by atoms with Gasteiger partial charge in [0.1, 0.15) is 11.6 Å². The van der Waals surface area contributed by atoms with Crippen LogP contribution in [0.25, 0.3) is 16.9 Å². The number of ether oxygens (including phenoxy) is 1. The van der Waals surface area contributed by atoms with Crippen LogP contribution in [-0.2, 0) is 24.4 Å². The zero-order valence-corrected chi connectivity index (χ0v) is 18.9. The Morgan fingerprint density at radius 1 is 1.03 bits per heavy atom. The number of aliphatic hydroxyl groups excluding tert-OH is 1. The number of methoxy groups -OCH3 is 1. The fourth-order valence-electron chi connectivity index (χ4n) is 3.69. The van der Waals surface area contributed by atoms with E-state index in [0.717, 1.165) is 34.0 Å². The van der Waals surface area contributed by atoms with Gasteiger partial charge in [0.25, 0.3) is 0 Å². The Kier molecular flexibility index (Phi) is 7.34. The van der Waals surface area contributed by atoms with Crippen LogP contribution >= 0.6 is 0 Å². The van der Waals surface area contributed by atoms with Crippen LogP contribution in [0, 0.1) is 5.82 Å². The Balaban J connectivity index is 1.49. The molecule has 4 aromatic rings. The summed E-state index contributed by atoms with van der Waals surface area (Å²) in [7, 11) is 1.60. The van der Waals surface area contributed by atoms with Gasteiger partial charge in [0.2, 0.25) is 5.91 Å². The predicted octanol–water partition coefficient (Wildman–Crippen LogP) is 4.43. The minimum atomic E-state index is -0.328. The average molecular weight is 460 g/mol. The topological polar surface area (TPSA) is 76.4 Å². The summed E-state index contributed by atoms with van der Waals surface area (Å²) in [4.78, 5) is 12.4. The molecule has 6 nitrogen and oxygen atoms in total. The fourth-order valence-corrected chi connectivity index (χ4v) is 3.69. The van der Waals surface area contributed by atoms with Crippen molar-refractivity contribution in [3.63, 3.8) is 0 Å². The van der Waals surface area contributed by atoms with Crippen molar-refractivity contribution >= 4 is 5.91 Å². The highest BCUT2D eigenvalue weighted by Gasteiger charge is 2.14. The normalized spacial score (nSPS) is 10.8. The molecule has 34 heavy (non-hydrogen) atoms. The van der Waals surface area contributed by atoms with E-state index in [0.29, 0.717) is 18.5 Å². The number of carbonyl (C=O) groups excluding carboxylic acids is 1. The largest absolute Gasteiger partial charge is 0.497 e. The Bertz CT molecular complexity index is 1270. The van der Waals surface area contributed by atoms with Crippen LogP contribution in [0.3, 0.4) is 0 Å². The Morgan fingerprint density at radius 2 is 1.79 bits per heavy atom. The highest BCUT2D eigenvalue weighted by Crippen LogP contribution is 2.26. The highest BCUT2D eigenvalue weighted by atomic mass is 19.1. The van der Waals surface area contributed by atoms with Crippen molar-refractivity contribution in [2.24, 2.45) is 0 Å². The van der Waals surface area contributed by atoms with Crippen molar-refractivity contribution < 1.29 is 19.0 Å². The van der Waals surface area contributed by atoms with Crippen molar-refractivity contribution in [3.8, 4) is 22.7 Å². The molecule has 0 saturated carbocycles. The van der Waals surface area contributed by atoms with E-state index < -0.39 is 0 Å². The van der Waals surface area contributed by atoms with Gasteiger partial charge in [-0.2, -0.15) is 5.10 Å². The van der Waals surface area contributed by atoms with Gasteiger partial charge in [0, 0.05) is 24.9 Å². The van der Waals surface area contributed by atoms with E-state index in [9.17, 15) is 14.3 Å². The maximum Gasteiger partial charge on any atom is 0.220 e. The molecule has 3 aromatic carbocycles. The van der Waals surface area contributed by atoms with Crippen LogP contribution < -0.4 is 10.1 Å². The van der Waals surface area contributed by atoms with Gasteiger partial charge in [-0.3, -0.25) is 4.79 Å². The van der Waals surface area contributed by atoms with Gasteiger partial charge in [-0.15, -0.1) is 0 Å². The van der Waals surface area contributed by atoms with Gasteiger partial charge in [0.15, 0.2) is 0 Å². The molecule has 0 radical (unpaired) electrons. The minimum absolute atomic E-state index is 0.0354. The maximum absolute atomic E-state index is 13.9. The predicted molar refractivity (Wildman–Crippen MR) is 128 cm³/mol. The quantitative estimate of drug-likeness (QED) is 0.388. The molecule has 7 heteroatoms. The molecule has 4 rings (SSSR count). The number of hydrogen-bond donors (Lipinski definition) is 2. The van der Waals surface area contributed by atoms with Crippen molar-refractivity contribution in [3.05, 3.63) is 102 Å². The number of aliphatic hydroxyl groups is 1. The summed E-state index contributed by atoms with van der Waals surface area (Å²) in [5.74, 6) is 0.302. The van der Waals surface area contributed by atoms with Crippen LogP contribution in [0.4, 0.5) is 4.39 Å². The van der Waals surface area contributed by atoms with Crippen LogP contribution in [0.2, 0.25) is 0 Å². The number of carbonyl (C=O) groups is 1. The molecule has 0 spiro atoms. The first kappa shape index (κ1) is 23.2. The van der Waals surface area contributed by atoms with Crippen molar-refractivity contribution in [1.82, 2.24) is 15.1 Å². The number of benzene rings is 3. The van der Waals surface area contributed by atoms with Crippen LogP contribution in [0.1, 0.15) is 23.2 Å². The zero-order chi connectivity index (χ0) is 23.9.